The number of hydrogen-bond acceptors (Lipinski definition) is 1. The lowest BCUT2D eigenvalue weighted by Gasteiger charge is -2.07. The molecule has 2 aromatic rings. The monoisotopic (exact) mass is 358 g/mol. The Morgan fingerprint density at radius 3 is 2.47 bits per heavy atom. The molecule has 88 valence electrons. The first-order valence-electron chi connectivity index (χ1n) is 4.97. The van der Waals surface area contributed by atoms with E-state index in [1.165, 1.54) is 6.07 Å². The zero-order valence-electron chi connectivity index (χ0n) is 8.79. The summed E-state index contributed by atoms with van der Waals surface area (Å²) >= 11 is 6.57. The third kappa shape index (κ3) is 3.54. The minimum atomic E-state index is -0.269. The van der Waals surface area contributed by atoms with Crippen molar-refractivity contribution in [3.8, 4) is 5.75 Å². The first-order chi connectivity index (χ1) is 8.15. The Hall–Kier alpha value is -0.870. The molecule has 0 unspecified atom stereocenters. The van der Waals surface area contributed by atoms with Gasteiger partial charge in [0.2, 0.25) is 0 Å². The molecule has 17 heavy (non-hydrogen) atoms. The summed E-state index contributed by atoms with van der Waals surface area (Å²) < 4.78 is 20.7. The van der Waals surface area contributed by atoms with Gasteiger partial charge in [-0.3, -0.25) is 0 Å². The second-order valence-electron chi connectivity index (χ2n) is 3.48. The SMILES string of the molecule is Fc1cc(Br)ccc1COc1cccc(Br)c1. The molecule has 2 rings (SSSR count). The number of rotatable bonds is 3. The summed E-state index contributed by atoms with van der Waals surface area (Å²) in [6, 6.07) is 12.4. The van der Waals surface area contributed by atoms with Crippen LogP contribution in [0.3, 0.4) is 0 Å². The second kappa shape index (κ2) is 5.65. The van der Waals surface area contributed by atoms with E-state index >= 15 is 0 Å². The Labute approximate surface area is 116 Å². The van der Waals surface area contributed by atoms with Crippen LogP contribution < -0.4 is 4.74 Å². The summed E-state index contributed by atoms with van der Waals surface area (Å²) in [7, 11) is 0. The van der Waals surface area contributed by atoms with Crippen LogP contribution in [0.5, 0.6) is 5.75 Å². The van der Waals surface area contributed by atoms with Crippen molar-refractivity contribution in [2.75, 3.05) is 0 Å². The molecule has 0 aliphatic heterocycles. The molecule has 0 atom stereocenters. The van der Waals surface area contributed by atoms with Gasteiger partial charge in [-0.1, -0.05) is 44.0 Å². The van der Waals surface area contributed by atoms with E-state index in [0.717, 1.165) is 8.95 Å². The molecular weight excluding hydrogens is 351 g/mol. The van der Waals surface area contributed by atoms with E-state index in [1.54, 1.807) is 12.1 Å². The van der Waals surface area contributed by atoms with Crippen molar-refractivity contribution >= 4 is 31.9 Å². The number of hydrogen-bond donors (Lipinski definition) is 0. The van der Waals surface area contributed by atoms with Gasteiger partial charge >= 0.3 is 0 Å². The Morgan fingerprint density at radius 1 is 1.00 bits per heavy atom. The van der Waals surface area contributed by atoms with Crippen molar-refractivity contribution in [2.24, 2.45) is 0 Å². The topological polar surface area (TPSA) is 9.23 Å². The average molecular weight is 360 g/mol. The fourth-order valence-corrected chi connectivity index (χ4v) is 2.07. The smallest absolute Gasteiger partial charge is 0.130 e. The molecule has 0 aromatic heterocycles. The zero-order valence-corrected chi connectivity index (χ0v) is 12.0. The molecule has 2 aromatic carbocycles. The highest BCUT2D eigenvalue weighted by molar-refractivity contribution is 9.10. The van der Waals surface area contributed by atoms with E-state index in [9.17, 15) is 4.39 Å². The molecule has 0 N–H and O–H groups in total. The van der Waals surface area contributed by atoms with Gasteiger partial charge in [0.15, 0.2) is 0 Å². The number of halogens is 3. The molecule has 0 spiro atoms. The maximum absolute atomic E-state index is 13.5. The second-order valence-corrected chi connectivity index (χ2v) is 5.31. The van der Waals surface area contributed by atoms with Crippen LogP contribution in [-0.2, 0) is 6.61 Å². The van der Waals surface area contributed by atoms with Gasteiger partial charge in [-0.05, 0) is 30.3 Å². The van der Waals surface area contributed by atoms with Gasteiger partial charge in [0.05, 0.1) is 0 Å². The molecule has 0 heterocycles. The first kappa shape index (κ1) is 12.6. The molecule has 0 saturated carbocycles. The van der Waals surface area contributed by atoms with Crippen LogP contribution in [0, 0.1) is 5.82 Å². The van der Waals surface area contributed by atoms with Gasteiger partial charge in [0.25, 0.3) is 0 Å². The van der Waals surface area contributed by atoms with Crippen LogP contribution >= 0.6 is 31.9 Å². The number of benzene rings is 2. The highest BCUT2D eigenvalue weighted by Gasteiger charge is 2.03. The summed E-state index contributed by atoms with van der Waals surface area (Å²) in [4.78, 5) is 0. The minimum absolute atomic E-state index is 0.218. The van der Waals surface area contributed by atoms with Crippen LogP contribution in [0.2, 0.25) is 0 Å². The lowest BCUT2D eigenvalue weighted by molar-refractivity contribution is 0.299. The molecule has 0 aliphatic rings. The van der Waals surface area contributed by atoms with Crippen LogP contribution in [-0.4, -0.2) is 0 Å². The predicted molar refractivity (Wildman–Crippen MR) is 72.6 cm³/mol. The number of ether oxygens (including phenoxy) is 1. The first-order valence-corrected chi connectivity index (χ1v) is 6.56. The van der Waals surface area contributed by atoms with E-state index in [-0.39, 0.29) is 12.4 Å². The molecule has 1 nitrogen and oxygen atoms in total. The fourth-order valence-electron chi connectivity index (χ4n) is 1.36. The third-order valence-corrected chi connectivity index (χ3v) is 3.19. The van der Waals surface area contributed by atoms with Crippen molar-refractivity contribution < 1.29 is 9.13 Å². The molecule has 0 bridgehead atoms. The van der Waals surface area contributed by atoms with Gasteiger partial charge in [0.1, 0.15) is 18.2 Å². The van der Waals surface area contributed by atoms with Gasteiger partial charge in [-0.2, -0.15) is 0 Å². The average Bonchev–Trinajstić information content (AvgIpc) is 2.28. The maximum atomic E-state index is 13.5. The summed E-state index contributed by atoms with van der Waals surface area (Å²) in [5.41, 5.74) is 0.535. The van der Waals surface area contributed by atoms with E-state index < -0.39 is 0 Å². The summed E-state index contributed by atoms with van der Waals surface area (Å²) in [6.45, 7) is 0.218. The van der Waals surface area contributed by atoms with Crippen molar-refractivity contribution in [3.05, 3.63) is 62.8 Å². The lowest BCUT2D eigenvalue weighted by Crippen LogP contribution is -1.98. The lowest BCUT2D eigenvalue weighted by atomic mass is 10.2. The molecule has 0 aliphatic carbocycles. The van der Waals surface area contributed by atoms with Gasteiger partial charge in [-0.25, -0.2) is 4.39 Å². The largest absolute Gasteiger partial charge is 0.489 e. The van der Waals surface area contributed by atoms with Crippen molar-refractivity contribution in [1.82, 2.24) is 0 Å². The minimum Gasteiger partial charge on any atom is -0.489 e. The van der Waals surface area contributed by atoms with Crippen molar-refractivity contribution in [2.45, 2.75) is 6.61 Å². The van der Waals surface area contributed by atoms with Gasteiger partial charge in [0, 0.05) is 14.5 Å². The molecule has 0 radical (unpaired) electrons. The zero-order chi connectivity index (χ0) is 12.3. The molecule has 4 heteroatoms. The third-order valence-electron chi connectivity index (χ3n) is 2.21. The highest BCUT2D eigenvalue weighted by Crippen LogP contribution is 2.20. The van der Waals surface area contributed by atoms with Crippen LogP contribution in [0.4, 0.5) is 4.39 Å². The summed E-state index contributed by atoms with van der Waals surface area (Å²) in [5, 5.41) is 0. The van der Waals surface area contributed by atoms with E-state index in [1.807, 2.05) is 24.3 Å². The Kier molecular flexibility index (Phi) is 4.18. The summed E-state index contributed by atoms with van der Waals surface area (Å²) in [6.07, 6.45) is 0. The van der Waals surface area contributed by atoms with Crippen molar-refractivity contribution in [3.63, 3.8) is 0 Å². The Bertz CT molecular complexity index is 529. The fraction of sp³-hybridized carbons (Fsp3) is 0.0769. The molecule has 0 amide bonds. The van der Waals surface area contributed by atoms with Crippen LogP contribution in [0.1, 0.15) is 5.56 Å². The standard InChI is InChI=1S/C13H9Br2FO/c14-10-2-1-3-12(6-10)17-8-9-4-5-11(15)7-13(9)16/h1-7H,8H2. The van der Waals surface area contributed by atoms with Crippen molar-refractivity contribution in [1.29, 1.82) is 0 Å². The van der Waals surface area contributed by atoms with E-state index in [2.05, 4.69) is 31.9 Å². The molecule has 0 fully saturated rings. The molecule has 0 saturated heterocycles. The van der Waals surface area contributed by atoms with Crippen LogP contribution in [0.15, 0.2) is 51.4 Å². The van der Waals surface area contributed by atoms with Crippen LogP contribution in [0.25, 0.3) is 0 Å². The quantitative estimate of drug-likeness (QED) is 0.754. The molecular formula is C13H9Br2FO. The maximum Gasteiger partial charge on any atom is 0.130 e. The Balaban J connectivity index is 2.07. The van der Waals surface area contributed by atoms with Gasteiger partial charge in [-0.15, -0.1) is 0 Å². The van der Waals surface area contributed by atoms with Gasteiger partial charge < -0.3 is 4.74 Å². The normalized spacial score (nSPS) is 10.3. The van der Waals surface area contributed by atoms with E-state index in [0.29, 0.717) is 11.3 Å². The van der Waals surface area contributed by atoms with E-state index in [4.69, 9.17) is 4.74 Å². The summed E-state index contributed by atoms with van der Waals surface area (Å²) in [5.74, 6) is 0.441. The Morgan fingerprint density at radius 2 is 1.76 bits per heavy atom. The highest BCUT2D eigenvalue weighted by atomic mass is 79.9. The predicted octanol–water partition coefficient (Wildman–Crippen LogP) is 4.93.